The van der Waals surface area contributed by atoms with Crippen LogP contribution in [0, 0.1) is 0 Å². The molecule has 0 amide bonds. The first kappa shape index (κ1) is 10.5. The average Bonchev–Trinajstić information content (AvgIpc) is 3.14. The topological polar surface area (TPSA) is 66.5 Å². The molecular formula is C14H13N5. The molecule has 94 valence electrons. The maximum atomic E-state index is 4.37. The Morgan fingerprint density at radius 2 is 1.84 bits per heavy atom. The number of H-pyrrole nitrogens is 1. The largest absolute Gasteiger partial charge is 0.351 e. The van der Waals surface area contributed by atoms with Crippen molar-refractivity contribution in [2.24, 2.45) is 0 Å². The first-order valence-electron chi connectivity index (χ1n) is 6.40. The fourth-order valence-corrected chi connectivity index (χ4v) is 2.06. The van der Waals surface area contributed by atoms with Gasteiger partial charge in [-0.15, -0.1) is 0 Å². The van der Waals surface area contributed by atoms with E-state index in [1.807, 2.05) is 30.9 Å². The van der Waals surface area contributed by atoms with Crippen molar-refractivity contribution in [2.75, 3.05) is 5.32 Å². The molecular weight excluding hydrogens is 238 g/mol. The first-order valence-corrected chi connectivity index (χ1v) is 6.40. The van der Waals surface area contributed by atoms with Crippen LogP contribution in [0.5, 0.6) is 0 Å². The zero-order valence-corrected chi connectivity index (χ0v) is 10.3. The van der Waals surface area contributed by atoms with Crippen LogP contribution in [0.1, 0.15) is 12.8 Å². The molecule has 1 saturated carbocycles. The third-order valence-electron chi connectivity index (χ3n) is 3.30. The molecule has 0 radical (unpaired) electrons. The molecule has 1 aliphatic rings. The van der Waals surface area contributed by atoms with Gasteiger partial charge in [0, 0.05) is 47.3 Å². The number of pyridine rings is 1. The van der Waals surface area contributed by atoms with Gasteiger partial charge >= 0.3 is 0 Å². The van der Waals surface area contributed by atoms with Gasteiger partial charge in [0.2, 0.25) is 5.95 Å². The summed E-state index contributed by atoms with van der Waals surface area (Å²) in [5.41, 5.74) is 2.92. The molecule has 3 aromatic rings. The lowest BCUT2D eigenvalue weighted by Gasteiger charge is -2.04. The van der Waals surface area contributed by atoms with Crippen LogP contribution < -0.4 is 5.32 Å². The maximum Gasteiger partial charge on any atom is 0.222 e. The number of rotatable bonds is 3. The number of fused-ring (bicyclic) bond motifs is 1. The predicted molar refractivity (Wildman–Crippen MR) is 73.8 cm³/mol. The minimum atomic E-state index is 0.573. The van der Waals surface area contributed by atoms with E-state index in [-0.39, 0.29) is 0 Å². The van der Waals surface area contributed by atoms with E-state index in [9.17, 15) is 0 Å². The Bertz CT molecular complexity index is 712. The van der Waals surface area contributed by atoms with E-state index in [0.717, 1.165) is 22.2 Å². The van der Waals surface area contributed by atoms with E-state index in [1.54, 1.807) is 0 Å². The second-order valence-electron chi connectivity index (χ2n) is 4.85. The summed E-state index contributed by atoms with van der Waals surface area (Å²) in [6.07, 6.45) is 9.85. The highest BCUT2D eigenvalue weighted by atomic mass is 15.1. The fourth-order valence-electron chi connectivity index (χ4n) is 2.06. The van der Waals surface area contributed by atoms with Crippen LogP contribution in [0.15, 0.2) is 36.9 Å². The molecule has 1 fully saturated rings. The molecule has 3 heterocycles. The van der Waals surface area contributed by atoms with Gasteiger partial charge in [0.25, 0.3) is 0 Å². The Hall–Kier alpha value is -2.43. The van der Waals surface area contributed by atoms with Crippen molar-refractivity contribution in [1.29, 1.82) is 0 Å². The van der Waals surface area contributed by atoms with Gasteiger partial charge in [0.1, 0.15) is 5.65 Å². The normalized spacial score (nSPS) is 14.7. The van der Waals surface area contributed by atoms with E-state index in [0.29, 0.717) is 12.0 Å². The van der Waals surface area contributed by atoms with Crippen molar-refractivity contribution in [3.63, 3.8) is 0 Å². The molecule has 0 aromatic carbocycles. The van der Waals surface area contributed by atoms with Crippen LogP contribution in [0.2, 0.25) is 0 Å². The molecule has 1 aliphatic carbocycles. The number of aromatic amines is 1. The van der Waals surface area contributed by atoms with Crippen LogP contribution in [0.4, 0.5) is 5.95 Å². The van der Waals surface area contributed by atoms with Gasteiger partial charge in [-0.1, -0.05) is 0 Å². The highest BCUT2D eigenvalue weighted by Gasteiger charge is 2.21. The van der Waals surface area contributed by atoms with Crippen LogP contribution in [-0.4, -0.2) is 26.0 Å². The van der Waals surface area contributed by atoms with Gasteiger partial charge < -0.3 is 10.3 Å². The number of aromatic nitrogens is 4. The SMILES string of the molecule is c1cc2cc(-c3cnc(NC4CC4)nc3)cnc2[nH]1. The van der Waals surface area contributed by atoms with Crippen molar-refractivity contribution in [3.8, 4) is 11.1 Å². The van der Waals surface area contributed by atoms with Gasteiger partial charge in [-0.3, -0.25) is 0 Å². The average molecular weight is 251 g/mol. The quantitative estimate of drug-likeness (QED) is 0.751. The van der Waals surface area contributed by atoms with Crippen molar-refractivity contribution >= 4 is 17.0 Å². The number of anilines is 1. The van der Waals surface area contributed by atoms with Crippen molar-refractivity contribution in [2.45, 2.75) is 18.9 Å². The Balaban J connectivity index is 1.66. The van der Waals surface area contributed by atoms with E-state index in [4.69, 9.17) is 0 Å². The summed E-state index contributed by atoms with van der Waals surface area (Å²) < 4.78 is 0. The lowest BCUT2D eigenvalue weighted by atomic mass is 10.1. The Kier molecular flexibility index (Phi) is 2.24. The van der Waals surface area contributed by atoms with Crippen molar-refractivity contribution < 1.29 is 0 Å². The monoisotopic (exact) mass is 251 g/mol. The number of nitrogens with one attached hydrogen (secondary N) is 2. The fraction of sp³-hybridized carbons (Fsp3) is 0.214. The Morgan fingerprint density at radius 3 is 2.63 bits per heavy atom. The Labute approximate surface area is 110 Å². The minimum absolute atomic E-state index is 0.573. The lowest BCUT2D eigenvalue weighted by molar-refractivity contribution is 1.05. The molecule has 0 aliphatic heterocycles. The predicted octanol–water partition coefficient (Wildman–Crippen LogP) is 2.59. The molecule has 2 N–H and O–H groups in total. The number of nitrogens with zero attached hydrogens (tertiary/aromatic N) is 3. The second-order valence-corrected chi connectivity index (χ2v) is 4.85. The molecule has 19 heavy (non-hydrogen) atoms. The zero-order valence-electron chi connectivity index (χ0n) is 10.3. The van der Waals surface area contributed by atoms with Crippen LogP contribution in [0.3, 0.4) is 0 Å². The van der Waals surface area contributed by atoms with Gasteiger partial charge in [-0.05, 0) is 25.0 Å². The zero-order chi connectivity index (χ0) is 12.7. The lowest BCUT2D eigenvalue weighted by Crippen LogP contribution is -2.04. The highest BCUT2D eigenvalue weighted by Crippen LogP contribution is 2.24. The maximum absolute atomic E-state index is 4.37. The molecule has 0 spiro atoms. The summed E-state index contributed by atoms with van der Waals surface area (Å²) in [7, 11) is 0. The smallest absolute Gasteiger partial charge is 0.222 e. The first-order chi connectivity index (χ1) is 9.38. The number of hydrogen-bond acceptors (Lipinski definition) is 4. The minimum Gasteiger partial charge on any atom is -0.351 e. The van der Waals surface area contributed by atoms with Crippen molar-refractivity contribution in [3.05, 3.63) is 36.9 Å². The summed E-state index contributed by atoms with van der Waals surface area (Å²) in [6.45, 7) is 0. The summed E-state index contributed by atoms with van der Waals surface area (Å²) in [4.78, 5) is 16.1. The molecule has 5 nitrogen and oxygen atoms in total. The van der Waals surface area contributed by atoms with Gasteiger partial charge in [0.15, 0.2) is 0 Å². The van der Waals surface area contributed by atoms with Crippen LogP contribution >= 0.6 is 0 Å². The summed E-state index contributed by atoms with van der Waals surface area (Å²) in [6, 6.07) is 4.67. The van der Waals surface area contributed by atoms with E-state index in [1.165, 1.54) is 12.8 Å². The summed E-state index contributed by atoms with van der Waals surface area (Å²) in [5.74, 6) is 0.710. The second kappa shape index (κ2) is 4.05. The van der Waals surface area contributed by atoms with Crippen LogP contribution in [0.25, 0.3) is 22.2 Å². The number of hydrogen-bond donors (Lipinski definition) is 2. The summed E-state index contributed by atoms with van der Waals surface area (Å²) in [5, 5.41) is 4.37. The van der Waals surface area contributed by atoms with E-state index >= 15 is 0 Å². The summed E-state index contributed by atoms with van der Waals surface area (Å²) >= 11 is 0. The van der Waals surface area contributed by atoms with E-state index in [2.05, 4.69) is 31.3 Å². The van der Waals surface area contributed by atoms with E-state index < -0.39 is 0 Å². The third kappa shape index (κ3) is 2.03. The molecule has 5 heteroatoms. The van der Waals surface area contributed by atoms with Gasteiger partial charge in [-0.25, -0.2) is 15.0 Å². The molecule has 4 rings (SSSR count). The molecule has 3 aromatic heterocycles. The molecule has 0 saturated heterocycles. The third-order valence-corrected chi connectivity index (χ3v) is 3.30. The molecule has 0 bridgehead atoms. The van der Waals surface area contributed by atoms with Gasteiger partial charge in [-0.2, -0.15) is 0 Å². The van der Waals surface area contributed by atoms with Gasteiger partial charge in [0.05, 0.1) is 0 Å². The molecule has 0 atom stereocenters. The molecule has 0 unspecified atom stereocenters. The highest BCUT2D eigenvalue weighted by molar-refractivity contribution is 5.80. The van der Waals surface area contributed by atoms with Crippen molar-refractivity contribution in [1.82, 2.24) is 19.9 Å². The standard InChI is InChI=1S/C14H13N5/c1-2-12(1)19-14-17-7-11(8-18-14)10-5-9-3-4-15-13(9)16-6-10/h3-8,12H,1-2H2,(H,15,16)(H,17,18,19). The van der Waals surface area contributed by atoms with Crippen LogP contribution in [-0.2, 0) is 0 Å². The Morgan fingerprint density at radius 1 is 1.05 bits per heavy atom.